The quantitative estimate of drug-likeness (QED) is 0.768. The summed E-state index contributed by atoms with van der Waals surface area (Å²) in [6.07, 6.45) is 0. The normalized spacial score (nSPS) is 10.5. The van der Waals surface area contributed by atoms with Crippen LogP contribution in [0.25, 0.3) is 11.5 Å². The van der Waals surface area contributed by atoms with Crippen molar-refractivity contribution in [3.05, 3.63) is 30.2 Å². The van der Waals surface area contributed by atoms with Crippen LogP contribution in [0.3, 0.4) is 0 Å². The molecule has 0 aliphatic carbocycles. The summed E-state index contributed by atoms with van der Waals surface area (Å²) in [7, 11) is 1.57. The van der Waals surface area contributed by atoms with Crippen molar-refractivity contribution in [1.29, 1.82) is 0 Å². The van der Waals surface area contributed by atoms with Gasteiger partial charge in [-0.05, 0) is 18.2 Å². The molecule has 0 bridgehead atoms. The van der Waals surface area contributed by atoms with Crippen molar-refractivity contribution < 1.29 is 9.15 Å². The maximum Gasteiger partial charge on any atom is 0.247 e. The lowest BCUT2D eigenvalue weighted by Crippen LogP contribution is -1.85. The van der Waals surface area contributed by atoms with Gasteiger partial charge in [-0.3, -0.25) is 0 Å². The van der Waals surface area contributed by atoms with E-state index in [1.54, 1.807) is 19.2 Å². The first-order valence-corrected chi connectivity index (χ1v) is 4.47. The summed E-state index contributed by atoms with van der Waals surface area (Å²) in [5, 5.41) is 7.72. The Morgan fingerprint density at radius 2 is 2.27 bits per heavy atom. The highest BCUT2D eigenvalue weighted by atomic mass is 16.5. The molecule has 2 rings (SSSR count). The molecule has 0 aliphatic rings. The van der Waals surface area contributed by atoms with Crippen molar-refractivity contribution in [2.45, 2.75) is 6.61 Å². The van der Waals surface area contributed by atoms with Gasteiger partial charge in [0.1, 0.15) is 6.61 Å². The second-order valence-corrected chi connectivity index (χ2v) is 3.06. The van der Waals surface area contributed by atoms with Crippen molar-refractivity contribution in [2.75, 3.05) is 12.8 Å². The van der Waals surface area contributed by atoms with Crippen molar-refractivity contribution in [3.8, 4) is 11.5 Å². The van der Waals surface area contributed by atoms with E-state index >= 15 is 0 Å². The number of hydrogen-bond acceptors (Lipinski definition) is 5. The van der Waals surface area contributed by atoms with E-state index in [1.165, 1.54) is 0 Å². The number of ether oxygens (including phenoxy) is 1. The highest BCUT2D eigenvalue weighted by Crippen LogP contribution is 2.19. The molecule has 1 aromatic carbocycles. The average Bonchev–Trinajstić information content (AvgIpc) is 2.67. The largest absolute Gasteiger partial charge is 0.418 e. The SMILES string of the molecule is COCc1nnc(-c2cccc(N)c2)o1. The minimum Gasteiger partial charge on any atom is -0.418 e. The van der Waals surface area contributed by atoms with E-state index in [9.17, 15) is 0 Å². The van der Waals surface area contributed by atoms with Gasteiger partial charge in [-0.25, -0.2) is 0 Å². The standard InChI is InChI=1S/C10H11N3O2/c1-14-6-9-12-13-10(15-9)7-3-2-4-8(11)5-7/h2-5H,6,11H2,1H3. The first kappa shape index (κ1) is 9.67. The van der Waals surface area contributed by atoms with Gasteiger partial charge in [0, 0.05) is 18.4 Å². The summed E-state index contributed by atoms with van der Waals surface area (Å²) in [4.78, 5) is 0. The molecule has 1 aromatic heterocycles. The van der Waals surface area contributed by atoms with Crippen molar-refractivity contribution >= 4 is 5.69 Å². The molecule has 2 aromatic rings. The van der Waals surface area contributed by atoms with Crippen molar-refractivity contribution in [1.82, 2.24) is 10.2 Å². The van der Waals surface area contributed by atoms with Crippen LogP contribution in [0.1, 0.15) is 5.89 Å². The van der Waals surface area contributed by atoms with Crippen LogP contribution in [0.5, 0.6) is 0 Å². The van der Waals surface area contributed by atoms with Gasteiger partial charge in [0.25, 0.3) is 0 Å². The average molecular weight is 205 g/mol. The smallest absolute Gasteiger partial charge is 0.247 e. The Morgan fingerprint density at radius 3 is 3.00 bits per heavy atom. The number of hydrogen-bond donors (Lipinski definition) is 1. The Hall–Kier alpha value is -1.88. The zero-order chi connectivity index (χ0) is 10.7. The summed E-state index contributed by atoms with van der Waals surface area (Å²) in [5.74, 6) is 0.907. The number of nitrogens with two attached hydrogens (primary N) is 1. The van der Waals surface area contributed by atoms with E-state index in [0.717, 1.165) is 5.56 Å². The molecule has 0 fully saturated rings. The topological polar surface area (TPSA) is 74.2 Å². The second kappa shape index (κ2) is 4.10. The van der Waals surface area contributed by atoms with Crippen LogP contribution < -0.4 is 5.73 Å². The maximum atomic E-state index is 5.65. The lowest BCUT2D eigenvalue weighted by Gasteiger charge is -1.95. The number of benzene rings is 1. The number of anilines is 1. The van der Waals surface area contributed by atoms with Gasteiger partial charge in [0.15, 0.2) is 0 Å². The Bertz CT molecular complexity index is 453. The number of rotatable bonds is 3. The summed E-state index contributed by atoms with van der Waals surface area (Å²) < 4.78 is 10.2. The van der Waals surface area contributed by atoms with E-state index < -0.39 is 0 Å². The molecular weight excluding hydrogens is 194 g/mol. The first-order valence-electron chi connectivity index (χ1n) is 4.47. The van der Waals surface area contributed by atoms with Gasteiger partial charge in [-0.1, -0.05) is 6.07 Å². The van der Waals surface area contributed by atoms with Gasteiger partial charge >= 0.3 is 0 Å². The van der Waals surface area contributed by atoms with Crippen LogP contribution in [-0.4, -0.2) is 17.3 Å². The monoisotopic (exact) mass is 205 g/mol. The molecular formula is C10H11N3O2. The Labute approximate surface area is 86.9 Å². The van der Waals surface area contributed by atoms with Crippen LogP contribution in [0.2, 0.25) is 0 Å². The van der Waals surface area contributed by atoms with Crippen molar-refractivity contribution in [2.24, 2.45) is 0 Å². The fourth-order valence-electron chi connectivity index (χ4n) is 1.22. The lowest BCUT2D eigenvalue weighted by molar-refractivity contribution is 0.160. The van der Waals surface area contributed by atoms with E-state index in [2.05, 4.69) is 10.2 Å². The fraction of sp³-hybridized carbons (Fsp3) is 0.200. The van der Waals surface area contributed by atoms with Crippen LogP contribution in [-0.2, 0) is 11.3 Å². The van der Waals surface area contributed by atoms with E-state index in [0.29, 0.717) is 24.1 Å². The van der Waals surface area contributed by atoms with Crippen molar-refractivity contribution in [3.63, 3.8) is 0 Å². The van der Waals surface area contributed by atoms with Gasteiger partial charge in [-0.2, -0.15) is 0 Å². The predicted octanol–water partition coefficient (Wildman–Crippen LogP) is 1.47. The van der Waals surface area contributed by atoms with Gasteiger partial charge < -0.3 is 14.9 Å². The van der Waals surface area contributed by atoms with Crippen LogP contribution in [0, 0.1) is 0 Å². The predicted molar refractivity (Wildman–Crippen MR) is 54.9 cm³/mol. The summed E-state index contributed by atoms with van der Waals surface area (Å²) in [5.41, 5.74) is 7.12. The van der Waals surface area contributed by atoms with E-state index in [-0.39, 0.29) is 0 Å². The molecule has 0 unspecified atom stereocenters. The lowest BCUT2D eigenvalue weighted by atomic mass is 10.2. The summed E-state index contributed by atoms with van der Waals surface area (Å²) in [6, 6.07) is 7.28. The molecule has 0 amide bonds. The number of aromatic nitrogens is 2. The van der Waals surface area contributed by atoms with Gasteiger partial charge in [-0.15, -0.1) is 10.2 Å². The molecule has 0 saturated heterocycles. The molecule has 0 aliphatic heterocycles. The number of nitrogen functional groups attached to an aromatic ring is 1. The highest BCUT2D eigenvalue weighted by Gasteiger charge is 2.07. The Kier molecular flexibility index (Phi) is 2.64. The molecule has 78 valence electrons. The molecule has 0 spiro atoms. The Morgan fingerprint density at radius 1 is 1.40 bits per heavy atom. The minimum atomic E-state index is 0.315. The second-order valence-electron chi connectivity index (χ2n) is 3.06. The van der Waals surface area contributed by atoms with Crippen LogP contribution >= 0.6 is 0 Å². The molecule has 2 N–H and O–H groups in total. The third-order valence-corrected chi connectivity index (χ3v) is 1.87. The third kappa shape index (κ3) is 2.13. The van der Waals surface area contributed by atoms with Gasteiger partial charge in [0.2, 0.25) is 11.8 Å². The van der Waals surface area contributed by atoms with Crippen LogP contribution in [0.4, 0.5) is 5.69 Å². The summed E-state index contributed by atoms with van der Waals surface area (Å²) in [6.45, 7) is 0.315. The zero-order valence-corrected chi connectivity index (χ0v) is 8.30. The number of methoxy groups -OCH3 is 1. The van der Waals surface area contributed by atoms with Gasteiger partial charge in [0.05, 0.1) is 0 Å². The highest BCUT2D eigenvalue weighted by molar-refractivity contribution is 5.59. The van der Waals surface area contributed by atoms with E-state index in [1.807, 2.05) is 12.1 Å². The van der Waals surface area contributed by atoms with Crippen LogP contribution in [0.15, 0.2) is 28.7 Å². The maximum absolute atomic E-state index is 5.65. The molecule has 15 heavy (non-hydrogen) atoms. The fourth-order valence-corrected chi connectivity index (χ4v) is 1.22. The third-order valence-electron chi connectivity index (χ3n) is 1.87. The zero-order valence-electron chi connectivity index (χ0n) is 8.30. The molecule has 0 atom stereocenters. The Balaban J connectivity index is 2.29. The molecule has 1 heterocycles. The van der Waals surface area contributed by atoms with E-state index in [4.69, 9.17) is 14.9 Å². The molecule has 5 nitrogen and oxygen atoms in total. The molecule has 0 radical (unpaired) electrons. The molecule has 5 heteroatoms. The summed E-state index contributed by atoms with van der Waals surface area (Å²) >= 11 is 0. The minimum absolute atomic E-state index is 0.315. The first-order chi connectivity index (χ1) is 7.29. The molecule has 0 saturated carbocycles. The number of nitrogens with zero attached hydrogens (tertiary/aromatic N) is 2.